The van der Waals surface area contributed by atoms with E-state index in [2.05, 4.69) is 15.3 Å². The number of nitrogens with zero attached hydrogens (tertiary/aromatic N) is 3. The average Bonchev–Trinajstić information content (AvgIpc) is 3.05. The van der Waals surface area contributed by atoms with Crippen LogP contribution in [0, 0.1) is 0 Å². The van der Waals surface area contributed by atoms with Crippen LogP contribution < -0.4 is 5.32 Å². The number of carbonyl (C=O) groups is 1. The second-order valence-corrected chi connectivity index (χ2v) is 6.48. The van der Waals surface area contributed by atoms with E-state index in [1.165, 1.54) is 0 Å². The van der Waals surface area contributed by atoms with E-state index < -0.39 is 0 Å². The number of hydrogen-bond donors (Lipinski definition) is 1. The third kappa shape index (κ3) is 4.47. The maximum Gasteiger partial charge on any atom is 0.258 e. The molecular weight excluding hydrogens is 336 g/mol. The van der Waals surface area contributed by atoms with E-state index in [9.17, 15) is 4.79 Å². The molecule has 0 aliphatic heterocycles. The van der Waals surface area contributed by atoms with Gasteiger partial charge in [0.15, 0.2) is 0 Å². The number of halogens is 1. The summed E-state index contributed by atoms with van der Waals surface area (Å²) in [7, 11) is 4.02. The molecule has 0 aliphatic rings. The Labute approximate surface area is 151 Å². The smallest absolute Gasteiger partial charge is 0.258 e. The first-order chi connectivity index (χ1) is 12.0. The summed E-state index contributed by atoms with van der Waals surface area (Å²) in [4.78, 5) is 14.5. The molecule has 0 saturated heterocycles. The van der Waals surface area contributed by atoms with Crippen molar-refractivity contribution < 1.29 is 4.79 Å². The van der Waals surface area contributed by atoms with E-state index in [1.54, 1.807) is 29.2 Å². The number of benzene rings is 2. The molecule has 3 rings (SSSR count). The van der Waals surface area contributed by atoms with Crippen molar-refractivity contribution in [3.8, 4) is 5.69 Å². The molecule has 1 amide bonds. The van der Waals surface area contributed by atoms with E-state index in [0.29, 0.717) is 10.6 Å². The Morgan fingerprint density at radius 1 is 1.20 bits per heavy atom. The predicted octanol–water partition coefficient (Wildman–Crippen LogP) is 3.84. The number of aromatic nitrogens is 2. The molecule has 0 saturated carbocycles. The van der Waals surface area contributed by atoms with Crippen molar-refractivity contribution in [3.63, 3.8) is 0 Å². The SMILES string of the molecule is CN(C)Cc1cccc(NC(=O)c2cnn(-c3ccc(Cl)cc3)c2)c1. The third-order valence-corrected chi connectivity index (χ3v) is 3.87. The summed E-state index contributed by atoms with van der Waals surface area (Å²) >= 11 is 5.89. The summed E-state index contributed by atoms with van der Waals surface area (Å²) in [6, 6.07) is 15.1. The molecule has 0 aliphatic carbocycles. The molecule has 128 valence electrons. The Hall–Kier alpha value is -2.63. The molecule has 25 heavy (non-hydrogen) atoms. The van der Waals surface area contributed by atoms with Crippen molar-refractivity contribution in [2.24, 2.45) is 0 Å². The van der Waals surface area contributed by atoms with Crippen LogP contribution in [0.5, 0.6) is 0 Å². The first kappa shape index (κ1) is 17.2. The van der Waals surface area contributed by atoms with Gasteiger partial charge in [0.25, 0.3) is 5.91 Å². The summed E-state index contributed by atoms with van der Waals surface area (Å²) in [5.41, 5.74) is 3.24. The summed E-state index contributed by atoms with van der Waals surface area (Å²) in [6.45, 7) is 0.818. The number of carbonyl (C=O) groups excluding carboxylic acids is 1. The van der Waals surface area contributed by atoms with E-state index in [-0.39, 0.29) is 5.91 Å². The van der Waals surface area contributed by atoms with Gasteiger partial charge in [-0.05, 0) is 56.1 Å². The number of rotatable bonds is 5. The Balaban J connectivity index is 1.73. The van der Waals surface area contributed by atoms with Gasteiger partial charge in [-0.25, -0.2) is 4.68 Å². The van der Waals surface area contributed by atoms with E-state index >= 15 is 0 Å². The van der Waals surface area contributed by atoms with Crippen molar-refractivity contribution >= 4 is 23.2 Å². The summed E-state index contributed by atoms with van der Waals surface area (Å²) in [6.07, 6.45) is 3.25. The largest absolute Gasteiger partial charge is 0.322 e. The zero-order chi connectivity index (χ0) is 17.8. The zero-order valence-electron chi connectivity index (χ0n) is 14.1. The lowest BCUT2D eigenvalue weighted by Gasteiger charge is -2.11. The second kappa shape index (κ2) is 7.51. The van der Waals surface area contributed by atoms with E-state index in [4.69, 9.17) is 11.6 Å². The van der Waals surface area contributed by atoms with Crippen LogP contribution in [0.2, 0.25) is 5.02 Å². The van der Waals surface area contributed by atoms with Crippen molar-refractivity contribution in [1.82, 2.24) is 14.7 Å². The Morgan fingerprint density at radius 2 is 1.96 bits per heavy atom. The maximum absolute atomic E-state index is 12.5. The number of amides is 1. The molecule has 1 heterocycles. The molecule has 0 radical (unpaired) electrons. The van der Waals surface area contributed by atoms with Crippen LogP contribution in [0.25, 0.3) is 5.69 Å². The van der Waals surface area contributed by atoms with E-state index in [1.807, 2.05) is 50.5 Å². The van der Waals surface area contributed by atoms with Gasteiger partial charge in [-0.1, -0.05) is 23.7 Å². The minimum atomic E-state index is -0.192. The molecule has 0 unspecified atom stereocenters. The number of nitrogens with one attached hydrogen (secondary N) is 1. The molecule has 0 spiro atoms. The molecule has 0 fully saturated rings. The lowest BCUT2D eigenvalue weighted by molar-refractivity contribution is 0.102. The lowest BCUT2D eigenvalue weighted by Crippen LogP contribution is -2.13. The summed E-state index contributed by atoms with van der Waals surface area (Å²) in [5.74, 6) is -0.192. The highest BCUT2D eigenvalue weighted by molar-refractivity contribution is 6.30. The normalized spacial score (nSPS) is 10.9. The van der Waals surface area contributed by atoms with Gasteiger partial charge in [0.05, 0.1) is 17.4 Å². The zero-order valence-corrected chi connectivity index (χ0v) is 14.9. The van der Waals surface area contributed by atoms with Gasteiger partial charge in [-0.2, -0.15) is 5.10 Å². The fraction of sp³-hybridized carbons (Fsp3) is 0.158. The van der Waals surface area contributed by atoms with Gasteiger partial charge >= 0.3 is 0 Å². The van der Waals surface area contributed by atoms with Crippen molar-refractivity contribution in [2.45, 2.75) is 6.54 Å². The fourth-order valence-electron chi connectivity index (χ4n) is 2.49. The quantitative estimate of drug-likeness (QED) is 0.757. The standard InChI is InChI=1S/C19H19ClN4O/c1-23(2)12-14-4-3-5-17(10-14)22-19(25)15-11-21-24(13-15)18-8-6-16(20)7-9-18/h3-11,13H,12H2,1-2H3,(H,22,25). The lowest BCUT2D eigenvalue weighted by atomic mass is 10.2. The molecule has 1 aromatic heterocycles. The molecule has 0 bridgehead atoms. The highest BCUT2D eigenvalue weighted by atomic mass is 35.5. The van der Waals surface area contributed by atoms with Crippen LogP contribution in [0.1, 0.15) is 15.9 Å². The molecular formula is C19H19ClN4O. The van der Waals surface area contributed by atoms with Gasteiger partial charge in [-0.3, -0.25) is 4.79 Å². The van der Waals surface area contributed by atoms with Gasteiger partial charge < -0.3 is 10.2 Å². The molecule has 0 atom stereocenters. The summed E-state index contributed by atoms with van der Waals surface area (Å²) < 4.78 is 1.65. The van der Waals surface area contributed by atoms with Crippen LogP contribution in [-0.2, 0) is 6.54 Å². The maximum atomic E-state index is 12.5. The predicted molar refractivity (Wildman–Crippen MR) is 100 cm³/mol. The Kier molecular flexibility index (Phi) is 5.16. The van der Waals surface area contributed by atoms with Crippen molar-refractivity contribution in [3.05, 3.63) is 77.1 Å². The molecule has 5 nitrogen and oxygen atoms in total. The average molecular weight is 355 g/mol. The van der Waals surface area contributed by atoms with Gasteiger partial charge in [-0.15, -0.1) is 0 Å². The second-order valence-electron chi connectivity index (χ2n) is 6.04. The van der Waals surface area contributed by atoms with Gasteiger partial charge in [0, 0.05) is 23.5 Å². The van der Waals surface area contributed by atoms with Gasteiger partial charge in [0.2, 0.25) is 0 Å². The third-order valence-electron chi connectivity index (χ3n) is 3.62. The minimum absolute atomic E-state index is 0.192. The van der Waals surface area contributed by atoms with Crippen LogP contribution in [-0.4, -0.2) is 34.7 Å². The van der Waals surface area contributed by atoms with Crippen LogP contribution in [0.4, 0.5) is 5.69 Å². The van der Waals surface area contributed by atoms with Crippen LogP contribution in [0.15, 0.2) is 60.9 Å². The molecule has 1 N–H and O–H groups in total. The van der Waals surface area contributed by atoms with E-state index in [0.717, 1.165) is 23.5 Å². The number of anilines is 1. The molecule has 6 heteroatoms. The van der Waals surface area contributed by atoms with Gasteiger partial charge in [0.1, 0.15) is 0 Å². The highest BCUT2D eigenvalue weighted by Gasteiger charge is 2.10. The highest BCUT2D eigenvalue weighted by Crippen LogP contribution is 2.16. The Morgan fingerprint density at radius 3 is 2.68 bits per heavy atom. The summed E-state index contributed by atoms with van der Waals surface area (Å²) in [5, 5.41) is 7.81. The van der Waals surface area contributed by atoms with Crippen molar-refractivity contribution in [2.75, 3.05) is 19.4 Å². The fourth-order valence-corrected chi connectivity index (χ4v) is 2.62. The minimum Gasteiger partial charge on any atom is -0.322 e. The first-order valence-corrected chi connectivity index (χ1v) is 8.25. The molecule has 3 aromatic rings. The topological polar surface area (TPSA) is 50.2 Å². The first-order valence-electron chi connectivity index (χ1n) is 7.87. The molecule has 2 aromatic carbocycles. The van der Waals surface area contributed by atoms with Crippen LogP contribution >= 0.6 is 11.6 Å². The number of hydrogen-bond acceptors (Lipinski definition) is 3. The monoisotopic (exact) mass is 354 g/mol. The Bertz CT molecular complexity index is 871. The van der Waals surface area contributed by atoms with Crippen molar-refractivity contribution in [1.29, 1.82) is 0 Å². The van der Waals surface area contributed by atoms with Crippen LogP contribution in [0.3, 0.4) is 0 Å².